The van der Waals surface area contributed by atoms with Crippen LogP contribution in [0.3, 0.4) is 0 Å². The van der Waals surface area contributed by atoms with Gasteiger partial charge in [-0.3, -0.25) is 0 Å². The minimum Gasteiger partial charge on any atom is -0.0773 e. The van der Waals surface area contributed by atoms with Crippen molar-refractivity contribution in [2.75, 3.05) is 0 Å². The van der Waals surface area contributed by atoms with Crippen LogP contribution in [-0.2, 0) is 0 Å². The maximum absolute atomic E-state index is 2.52. The predicted octanol–water partition coefficient (Wildman–Crippen LogP) is 5.25. The van der Waals surface area contributed by atoms with E-state index in [9.17, 15) is 0 Å². The lowest BCUT2D eigenvalue weighted by Crippen LogP contribution is -2.47. The highest BCUT2D eigenvalue weighted by atomic mass is 28.3. The van der Waals surface area contributed by atoms with Crippen LogP contribution in [0.2, 0.25) is 23.2 Å². The third-order valence-corrected chi connectivity index (χ3v) is 11.1. The summed E-state index contributed by atoms with van der Waals surface area (Å²) in [5.74, 6) is 0. The molecule has 0 aromatic rings. The van der Waals surface area contributed by atoms with Crippen LogP contribution in [0.15, 0.2) is 47.6 Å². The monoisotopic (exact) mass is 244 g/mol. The van der Waals surface area contributed by atoms with Crippen molar-refractivity contribution >= 4 is 8.07 Å². The first-order valence-electron chi connectivity index (χ1n) is 6.48. The van der Waals surface area contributed by atoms with Gasteiger partial charge in [0.15, 0.2) is 0 Å². The summed E-state index contributed by atoms with van der Waals surface area (Å²) in [4.78, 5) is 0. The molecule has 0 fully saturated rings. The number of hydrogen-bond donors (Lipinski definition) is 0. The summed E-state index contributed by atoms with van der Waals surface area (Å²) >= 11 is 0. The van der Waals surface area contributed by atoms with Gasteiger partial charge in [-0.05, 0) is 23.9 Å². The first kappa shape index (κ1) is 12.6. The lowest BCUT2D eigenvalue weighted by atomic mass is 10.1. The summed E-state index contributed by atoms with van der Waals surface area (Å²) < 4.78 is 0. The molecule has 0 N–H and O–H groups in total. The quantitative estimate of drug-likeness (QED) is 0.582. The van der Waals surface area contributed by atoms with E-state index < -0.39 is 8.07 Å². The highest BCUT2D eigenvalue weighted by Gasteiger charge is 2.51. The van der Waals surface area contributed by atoms with Crippen molar-refractivity contribution in [3.8, 4) is 0 Å². The van der Waals surface area contributed by atoms with Gasteiger partial charge < -0.3 is 0 Å². The van der Waals surface area contributed by atoms with Crippen molar-refractivity contribution in [3.63, 3.8) is 0 Å². The van der Waals surface area contributed by atoms with Crippen LogP contribution in [-0.4, -0.2) is 8.07 Å². The van der Waals surface area contributed by atoms with Crippen molar-refractivity contribution in [1.29, 1.82) is 0 Å². The molecular weight excluding hydrogens is 220 g/mol. The smallest absolute Gasteiger partial charge is 0.0768 e. The minimum atomic E-state index is -1.50. The van der Waals surface area contributed by atoms with Gasteiger partial charge in [0.2, 0.25) is 0 Å². The van der Waals surface area contributed by atoms with Crippen molar-refractivity contribution in [2.45, 2.75) is 50.9 Å². The van der Waals surface area contributed by atoms with Gasteiger partial charge in [-0.25, -0.2) is 0 Å². The molecule has 0 nitrogen and oxygen atoms in total. The van der Waals surface area contributed by atoms with Gasteiger partial charge in [-0.15, -0.1) is 0 Å². The van der Waals surface area contributed by atoms with E-state index in [1.54, 1.807) is 0 Å². The number of rotatable bonds is 2. The van der Waals surface area contributed by atoms with E-state index in [-0.39, 0.29) is 10.1 Å². The maximum atomic E-state index is 2.52. The summed E-state index contributed by atoms with van der Waals surface area (Å²) in [7, 11) is -1.50. The fraction of sp³-hybridized carbons (Fsp3) is 0.500. The Morgan fingerprint density at radius 1 is 0.824 bits per heavy atom. The molecule has 0 aromatic carbocycles. The van der Waals surface area contributed by atoms with E-state index in [0.29, 0.717) is 0 Å². The average Bonchev–Trinajstić information content (AvgIpc) is 2.73. The van der Waals surface area contributed by atoms with Gasteiger partial charge in [-0.2, -0.15) is 0 Å². The van der Waals surface area contributed by atoms with Gasteiger partial charge in [0.25, 0.3) is 0 Å². The lowest BCUT2D eigenvalue weighted by molar-refractivity contribution is 0.808. The van der Waals surface area contributed by atoms with E-state index in [2.05, 4.69) is 77.2 Å². The SMILES string of the molecule is CC1=CC(C)([Si](C)(C)C2(C)C=CC(C)=C2)C=C1. The van der Waals surface area contributed by atoms with Crippen LogP contribution in [0.4, 0.5) is 0 Å². The molecular formula is C16H24Si. The standard InChI is InChI=1S/C16H24Si/c1-13-7-9-15(3,11-13)17(5,6)16(4)10-8-14(2)12-16/h7-12H,1-6H3. The summed E-state index contributed by atoms with van der Waals surface area (Å²) in [6, 6.07) is 0. The molecule has 0 amide bonds. The summed E-state index contributed by atoms with van der Waals surface area (Å²) in [6.45, 7) is 14.3. The molecule has 92 valence electrons. The van der Waals surface area contributed by atoms with Crippen molar-refractivity contribution in [1.82, 2.24) is 0 Å². The van der Waals surface area contributed by atoms with Gasteiger partial charge in [-0.1, -0.05) is 74.5 Å². The van der Waals surface area contributed by atoms with Crippen LogP contribution in [0, 0.1) is 0 Å². The molecule has 0 bridgehead atoms. The third kappa shape index (κ3) is 1.72. The Hall–Kier alpha value is -0.823. The number of allylic oxidation sites excluding steroid dienone is 8. The van der Waals surface area contributed by atoms with Crippen LogP contribution in [0.1, 0.15) is 27.7 Å². The first-order valence-corrected chi connectivity index (χ1v) is 9.48. The lowest BCUT2D eigenvalue weighted by Gasteiger charge is -2.47. The third-order valence-electron chi connectivity index (χ3n) is 5.13. The number of hydrogen-bond acceptors (Lipinski definition) is 0. The van der Waals surface area contributed by atoms with Crippen LogP contribution in [0.25, 0.3) is 0 Å². The Balaban J connectivity index is 2.45. The van der Waals surface area contributed by atoms with Gasteiger partial charge in [0.05, 0.1) is 8.07 Å². The molecule has 2 atom stereocenters. The summed E-state index contributed by atoms with van der Waals surface area (Å²) in [5.41, 5.74) is 2.83. The van der Waals surface area contributed by atoms with E-state index in [4.69, 9.17) is 0 Å². The Morgan fingerprint density at radius 2 is 1.18 bits per heavy atom. The van der Waals surface area contributed by atoms with Crippen LogP contribution < -0.4 is 0 Å². The fourth-order valence-electron chi connectivity index (χ4n) is 3.11. The fourth-order valence-corrected chi connectivity index (χ4v) is 6.44. The Morgan fingerprint density at radius 3 is 1.41 bits per heavy atom. The molecule has 17 heavy (non-hydrogen) atoms. The maximum Gasteiger partial charge on any atom is 0.0768 e. The molecule has 0 saturated heterocycles. The van der Waals surface area contributed by atoms with Gasteiger partial charge >= 0.3 is 0 Å². The van der Waals surface area contributed by atoms with Crippen LogP contribution >= 0.6 is 0 Å². The average molecular weight is 244 g/mol. The zero-order chi connectivity index (χ0) is 12.9. The second-order valence-corrected chi connectivity index (χ2v) is 12.0. The normalized spacial score (nSPS) is 36.4. The van der Waals surface area contributed by atoms with Gasteiger partial charge in [0.1, 0.15) is 0 Å². The van der Waals surface area contributed by atoms with Crippen LogP contribution in [0.5, 0.6) is 0 Å². The molecule has 2 aliphatic rings. The first-order chi connectivity index (χ1) is 7.70. The molecule has 0 aliphatic heterocycles. The van der Waals surface area contributed by atoms with Crippen molar-refractivity contribution in [3.05, 3.63) is 47.6 Å². The summed E-state index contributed by atoms with van der Waals surface area (Å²) in [6.07, 6.45) is 14.4. The highest BCUT2D eigenvalue weighted by molar-refractivity contribution is 6.85. The van der Waals surface area contributed by atoms with E-state index in [0.717, 1.165) is 0 Å². The Bertz CT molecular complexity index is 420. The molecule has 2 rings (SSSR count). The molecule has 0 spiro atoms. The molecule has 0 saturated carbocycles. The zero-order valence-electron chi connectivity index (χ0n) is 12.0. The van der Waals surface area contributed by atoms with E-state index >= 15 is 0 Å². The van der Waals surface area contributed by atoms with E-state index in [1.165, 1.54) is 11.1 Å². The predicted molar refractivity (Wildman–Crippen MR) is 80.0 cm³/mol. The van der Waals surface area contributed by atoms with Gasteiger partial charge in [0, 0.05) is 0 Å². The summed E-state index contributed by atoms with van der Waals surface area (Å²) in [5, 5.41) is 0.550. The molecule has 0 heterocycles. The van der Waals surface area contributed by atoms with E-state index in [1.807, 2.05) is 0 Å². The topological polar surface area (TPSA) is 0 Å². The Labute approximate surface area is 107 Å². The molecule has 2 unspecified atom stereocenters. The van der Waals surface area contributed by atoms with Crippen molar-refractivity contribution in [2.24, 2.45) is 0 Å². The highest BCUT2D eigenvalue weighted by Crippen LogP contribution is 2.58. The van der Waals surface area contributed by atoms with Crippen molar-refractivity contribution < 1.29 is 0 Å². The minimum absolute atomic E-state index is 0.275. The molecule has 0 aromatic heterocycles. The second-order valence-electron chi connectivity index (χ2n) is 6.63. The Kier molecular flexibility index (Phi) is 2.66. The molecule has 2 aliphatic carbocycles. The largest absolute Gasteiger partial charge is 0.0773 e. The second kappa shape index (κ2) is 3.58. The molecule has 0 radical (unpaired) electrons. The zero-order valence-corrected chi connectivity index (χ0v) is 13.0. The molecule has 1 heteroatoms.